The maximum Gasteiger partial charge on any atom is 0.332 e. The molecule has 8 nitrogen and oxygen atoms in total. The molecule has 0 fully saturated rings. The molecule has 3 rings (SSSR count). The number of halogens is 2. The van der Waals surface area contributed by atoms with Gasteiger partial charge in [-0.05, 0) is 35.7 Å². The number of amides is 2. The quantitative estimate of drug-likeness (QED) is 0.218. The fourth-order valence-electron chi connectivity index (χ4n) is 3.38. The van der Waals surface area contributed by atoms with E-state index in [1.54, 1.807) is 36.4 Å². The van der Waals surface area contributed by atoms with Crippen molar-refractivity contribution in [1.82, 2.24) is 10.7 Å². The number of aliphatic carboxylic acids is 1. The first-order valence-electron chi connectivity index (χ1n) is 10.6. The second kappa shape index (κ2) is 12.2. The maximum atomic E-state index is 12.5. The van der Waals surface area contributed by atoms with Gasteiger partial charge in [0.15, 0.2) is 6.10 Å². The number of carboxylic acids is 1. The van der Waals surface area contributed by atoms with Crippen molar-refractivity contribution in [3.8, 4) is 11.1 Å². The number of hydrazine groups is 1. The van der Waals surface area contributed by atoms with Crippen LogP contribution in [0.25, 0.3) is 11.1 Å². The van der Waals surface area contributed by atoms with Crippen molar-refractivity contribution >= 4 is 46.7 Å². The van der Waals surface area contributed by atoms with Gasteiger partial charge in [-0.2, -0.15) is 0 Å². The van der Waals surface area contributed by atoms with E-state index in [4.69, 9.17) is 28.3 Å². The van der Waals surface area contributed by atoms with Gasteiger partial charge in [0, 0.05) is 23.0 Å². The SMILES string of the molecule is O=C(NNc1ccccc1Cl)C(=O)N[C@H](Cc1ccc(-c2ccccc2)c(Cl)c1)C[C@@H](O)C(=O)O. The van der Waals surface area contributed by atoms with E-state index < -0.39 is 29.9 Å². The zero-order valence-corrected chi connectivity index (χ0v) is 19.9. The normalized spacial score (nSPS) is 12.3. The van der Waals surface area contributed by atoms with Crippen molar-refractivity contribution in [3.05, 3.63) is 88.4 Å². The lowest BCUT2D eigenvalue weighted by Gasteiger charge is -2.21. The van der Waals surface area contributed by atoms with E-state index in [1.807, 2.05) is 36.4 Å². The van der Waals surface area contributed by atoms with Gasteiger partial charge < -0.3 is 15.5 Å². The second-order valence-corrected chi connectivity index (χ2v) is 8.52. The molecule has 0 saturated heterocycles. The molecule has 0 saturated carbocycles. The largest absolute Gasteiger partial charge is 0.479 e. The molecule has 0 spiro atoms. The molecule has 0 radical (unpaired) electrons. The number of anilines is 1. The molecule has 182 valence electrons. The molecule has 0 aliphatic rings. The molecular formula is C25H23Cl2N3O5. The summed E-state index contributed by atoms with van der Waals surface area (Å²) in [7, 11) is 0. The summed E-state index contributed by atoms with van der Waals surface area (Å²) in [6, 6.07) is 20.6. The Kier molecular flexibility index (Phi) is 9.08. The zero-order valence-electron chi connectivity index (χ0n) is 18.4. The van der Waals surface area contributed by atoms with Crippen molar-refractivity contribution in [2.45, 2.75) is 25.0 Å². The number of carbonyl (C=O) groups is 3. The second-order valence-electron chi connectivity index (χ2n) is 7.70. The molecule has 0 heterocycles. The number of benzene rings is 3. The van der Waals surface area contributed by atoms with Gasteiger partial charge in [0.05, 0.1) is 10.7 Å². The van der Waals surface area contributed by atoms with Gasteiger partial charge in [0.25, 0.3) is 0 Å². The van der Waals surface area contributed by atoms with Crippen molar-refractivity contribution in [1.29, 1.82) is 0 Å². The Balaban J connectivity index is 1.69. The molecule has 35 heavy (non-hydrogen) atoms. The van der Waals surface area contributed by atoms with E-state index in [1.165, 1.54) is 0 Å². The topological polar surface area (TPSA) is 128 Å². The zero-order chi connectivity index (χ0) is 25.4. The Morgan fingerprint density at radius 2 is 1.54 bits per heavy atom. The highest BCUT2D eigenvalue weighted by Gasteiger charge is 2.25. The third-order valence-electron chi connectivity index (χ3n) is 5.12. The van der Waals surface area contributed by atoms with Crippen LogP contribution in [-0.2, 0) is 20.8 Å². The van der Waals surface area contributed by atoms with E-state index >= 15 is 0 Å². The lowest BCUT2D eigenvalue weighted by molar-refractivity contribution is -0.147. The van der Waals surface area contributed by atoms with Gasteiger partial charge in [-0.3, -0.25) is 20.4 Å². The van der Waals surface area contributed by atoms with Gasteiger partial charge in [0.2, 0.25) is 0 Å². The van der Waals surface area contributed by atoms with Crippen LogP contribution in [0.2, 0.25) is 10.0 Å². The minimum atomic E-state index is -1.73. The van der Waals surface area contributed by atoms with Crippen LogP contribution in [0.3, 0.4) is 0 Å². The fraction of sp³-hybridized carbons (Fsp3) is 0.160. The summed E-state index contributed by atoms with van der Waals surface area (Å²) in [4.78, 5) is 35.9. The number of hydrogen-bond donors (Lipinski definition) is 5. The number of para-hydroxylation sites is 1. The average Bonchev–Trinajstić information content (AvgIpc) is 2.83. The molecule has 5 N–H and O–H groups in total. The van der Waals surface area contributed by atoms with Crippen molar-refractivity contribution in [2.75, 3.05) is 5.43 Å². The van der Waals surface area contributed by atoms with Crippen LogP contribution in [0.15, 0.2) is 72.8 Å². The summed E-state index contributed by atoms with van der Waals surface area (Å²) in [5.74, 6) is -3.47. The van der Waals surface area contributed by atoms with Gasteiger partial charge in [-0.25, -0.2) is 4.79 Å². The molecule has 2 amide bonds. The highest BCUT2D eigenvalue weighted by atomic mass is 35.5. The molecule has 3 aromatic carbocycles. The lowest BCUT2D eigenvalue weighted by Crippen LogP contribution is -2.48. The minimum absolute atomic E-state index is 0.135. The van der Waals surface area contributed by atoms with Gasteiger partial charge in [0.1, 0.15) is 0 Å². The molecule has 0 aromatic heterocycles. The van der Waals surface area contributed by atoms with Crippen LogP contribution in [0.1, 0.15) is 12.0 Å². The first-order valence-corrected chi connectivity index (χ1v) is 11.4. The predicted molar refractivity (Wildman–Crippen MR) is 134 cm³/mol. The molecule has 0 unspecified atom stereocenters. The Bertz CT molecular complexity index is 1210. The predicted octanol–water partition coefficient (Wildman–Crippen LogP) is 3.67. The molecule has 0 bridgehead atoms. The monoisotopic (exact) mass is 515 g/mol. The van der Waals surface area contributed by atoms with Crippen LogP contribution in [0.5, 0.6) is 0 Å². The maximum absolute atomic E-state index is 12.5. The molecule has 0 aliphatic heterocycles. The number of aliphatic hydroxyl groups is 1. The smallest absolute Gasteiger partial charge is 0.332 e. The molecule has 3 aromatic rings. The Morgan fingerprint density at radius 1 is 0.857 bits per heavy atom. The third-order valence-corrected chi connectivity index (χ3v) is 5.76. The van der Waals surface area contributed by atoms with Crippen molar-refractivity contribution in [3.63, 3.8) is 0 Å². The van der Waals surface area contributed by atoms with Crippen LogP contribution in [-0.4, -0.2) is 40.1 Å². The Morgan fingerprint density at radius 3 is 2.20 bits per heavy atom. The number of carboxylic acid groups (broad SMARTS) is 1. The number of carbonyl (C=O) groups excluding carboxylic acids is 2. The lowest BCUT2D eigenvalue weighted by atomic mass is 9.97. The van der Waals surface area contributed by atoms with Crippen LogP contribution < -0.4 is 16.2 Å². The Labute approximate surface area is 211 Å². The fourth-order valence-corrected chi connectivity index (χ4v) is 3.88. The van der Waals surface area contributed by atoms with E-state index in [-0.39, 0.29) is 12.8 Å². The average molecular weight is 516 g/mol. The van der Waals surface area contributed by atoms with E-state index in [0.29, 0.717) is 21.3 Å². The van der Waals surface area contributed by atoms with Crippen LogP contribution >= 0.6 is 23.2 Å². The van der Waals surface area contributed by atoms with E-state index in [2.05, 4.69) is 16.2 Å². The summed E-state index contributed by atoms with van der Waals surface area (Å²) in [6.45, 7) is 0. The van der Waals surface area contributed by atoms with Gasteiger partial charge in [-0.15, -0.1) is 0 Å². The van der Waals surface area contributed by atoms with Crippen molar-refractivity contribution in [2.24, 2.45) is 0 Å². The molecule has 0 aliphatic carbocycles. The number of aliphatic hydroxyl groups excluding tert-OH is 1. The summed E-state index contributed by atoms with van der Waals surface area (Å²) < 4.78 is 0. The van der Waals surface area contributed by atoms with E-state index in [9.17, 15) is 19.5 Å². The third kappa shape index (κ3) is 7.45. The van der Waals surface area contributed by atoms with Gasteiger partial charge >= 0.3 is 17.8 Å². The standard InChI is InChI=1S/C25H23Cl2N3O5/c26-19-8-4-5-9-21(19)29-30-24(33)23(32)28-17(14-22(31)25(34)35)12-15-10-11-18(20(27)13-15)16-6-2-1-3-7-16/h1-11,13,17,22,29,31H,12,14H2,(H,28,32)(H,30,33)(H,34,35)/t17-,22-/m1/s1. The van der Waals surface area contributed by atoms with Crippen LogP contribution in [0.4, 0.5) is 5.69 Å². The summed E-state index contributed by atoms with van der Waals surface area (Å²) in [5, 5.41) is 22.2. The molecule has 2 atom stereocenters. The first kappa shape index (κ1) is 26.0. The highest BCUT2D eigenvalue weighted by molar-refractivity contribution is 6.36. The minimum Gasteiger partial charge on any atom is -0.479 e. The highest BCUT2D eigenvalue weighted by Crippen LogP contribution is 2.29. The summed E-state index contributed by atoms with van der Waals surface area (Å²) in [5.41, 5.74) is 7.60. The van der Waals surface area contributed by atoms with Crippen molar-refractivity contribution < 1.29 is 24.6 Å². The Hall–Kier alpha value is -3.59. The summed E-state index contributed by atoms with van der Waals surface area (Å²) in [6.07, 6.45) is -1.91. The number of rotatable bonds is 9. The van der Waals surface area contributed by atoms with Crippen LogP contribution in [0, 0.1) is 0 Å². The first-order chi connectivity index (χ1) is 16.7. The summed E-state index contributed by atoms with van der Waals surface area (Å²) >= 11 is 12.5. The number of hydrogen-bond acceptors (Lipinski definition) is 5. The van der Waals surface area contributed by atoms with Gasteiger partial charge in [-0.1, -0.05) is 77.8 Å². The number of nitrogens with one attached hydrogen (secondary N) is 3. The van der Waals surface area contributed by atoms with E-state index in [0.717, 1.165) is 11.1 Å². The molecule has 10 heteroatoms. The molecular weight excluding hydrogens is 493 g/mol.